The molecular formula is C44H28O2. The third kappa shape index (κ3) is 3.64. The average molecular weight is 589 g/mol. The van der Waals surface area contributed by atoms with Crippen LogP contribution in [0.2, 0.25) is 0 Å². The van der Waals surface area contributed by atoms with Crippen molar-refractivity contribution in [1.82, 2.24) is 0 Å². The van der Waals surface area contributed by atoms with Gasteiger partial charge in [-0.05, 0) is 74.8 Å². The number of benzene rings is 7. The lowest BCUT2D eigenvalue weighted by Gasteiger charge is -2.18. The molecule has 0 amide bonds. The molecule has 7 aromatic carbocycles. The van der Waals surface area contributed by atoms with E-state index in [0.717, 1.165) is 62.3 Å². The Balaban J connectivity index is 1.32. The van der Waals surface area contributed by atoms with Gasteiger partial charge in [-0.25, -0.2) is 0 Å². The molecule has 0 unspecified atom stereocenters. The van der Waals surface area contributed by atoms with Gasteiger partial charge in [0.1, 0.15) is 22.3 Å². The number of hydrogen-bond acceptors (Lipinski definition) is 2. The minimum Gasteiger partial charge on any atom is -0.455 e. The van der Waals surface area contributed by atoms with Crippen LogP contribution >= 0.6 is 0 Å². The lowest BCUT2D eigenvalue weighted by atomic mass is 9.85. The van der Waals surface area contributed by atoms with Gasteiger partial charge in [-0.2, -0.15) is 0 Å². The molecule has 0 N–H and O–H groups in total. The van der Waals surface area contributed by atoms with Gasteiger partial charge in [-0.1, -0.05) is 127 Å². The summed E-state index contributed by atoms with van der Waals surface area (Å²) in [6, 6.07) is 45.7. The van der Waals surface area contributed by atoms with Crippen molar-refractivity contribution in [1.29, 1.82) is 0 Å². The number of fused-ring (bicyclic) bond motifs is 9. The van der Waals surface area contributed by atoms with Crippen LogP contribution < -0.4 is 0 Å². The molecule has 2 heterocycles. The third-order valence-corrected chi connectivity index (χ3v) is 9.69. The molecule has 10 rings (SSSR count). The van der Waals surface area contributed by atoms with Crippen molar-refractivity contribution in [2.45, 2.75) is 12.8 Å². The van der Waals surface area contributed by atoms with Crippen LogP contribution in [0.4, 0.5) is 0 Å². The van der Waals surface area contributed by atoms with Crippen molar-refractivity contribution >= 4 is 71.0 Å². The Hall–Kier alpha value is -5.86. The van der Waals surface area contributed by atoms with E-state index in [-0.39, 0.29) is 0 Å². The molecule has 9 aromatic rings. The molecular weight excluding hydrogens is 560 g/mol. The predicted molar refractivity (Wildman–Crippen MR) is 193 cm³/mol. The standard InChI is InChI=1S/C44H28O2/c1-2-12-27(13-3-1)28-22-24-29(25-23-28)40-31-15-4-6-17-33(31)41(34-18-7-5-16-32(34)40)37-26-36-30-14-8-10-20-38(30)45-43(36)42-35-19-9-11-21-39(35)46-44(37)42/h2,4-26H,1,3H2. The summed E-state index contributed by atoms with van der Waals surface area (Å²) in [7, 11) is 0. The Bertz CT molecular complexity index is 2670. The lowest BCUT2D eigenvalue weighted by molar-refractivity contribution is 0.663. The van der Waals surface area contributed by atoms with Gasteiger partial charge in [0.15, 0.2) is 0 Å². The first-order valence-electron chi connectivity index (χ1n) is 16.0. The van der Waals surface area contributed by atoms with E-state index in [4.69, 9.17) is 8.83 Å². The SMILES string of the molecule is C1=CC(c2ccc(-c3c4ccccc4c(-c4cc5c6ccccc6oc5c5c4oc4ccccc45)c4ccccc34)cc2)=CCC1. The highest BCUT2D eigenvalue weighted by Gasteiger charge is 2.24. The minimum absolute atomic E-state index is 0.856. The highest BCUT2D eigenvalue weighted by molar-refractivity contribution is 6.29. The molecule has 46 heavy (non-hydrogen) atoms. The van der Waals surface area contributed by atoms with Crippen LogP contribution in [0.3, 0.4) is 0 Å². The summed E-state index contributed by atoms with van der Waals surface area (Å²) < 4.78 is 13.3. The topological polar surface area (TPSA) is 26.3 Å². The van der Waals surface area contributed by atoms with E-state index in [2.05, 4.69) is 133 Å². The van der Waals surface area contributed by atoms with Crippen molar-refractivity contribution < 1.29 is 8.83 Å². The Morgan fingerprint density at radius 2 is 0.978 bits per heavy atom. The van der Waals surface area contributed by atoms with Crippen LogP contribution in [0.15, 0.2) is 154 Å². The maximum Gasteiger partial charge on any atom is 0.147 e. The average Bonchev–Trinajstić information content (AvgIpc) is 3.70. The molecule has 0 saturated heterocycles. The largest absolute Gasteiger partial charge is 0.455 e. The lowest BCUT2D eigenvalue weighted by Crippen LogP contribution is -1.92. The van der Waals surface area contributed by atoms with E-state index in [1.807, 2.05) is 12.1 Å². The van der Waals surface area contributed by atoms with Gasteiger partial charge in [-0.15, -0.1) is 0 Å². The van der Waals surface area contributed by atoms with Crippen molar-refractivity contribution in [2.75, 3.05) is 0 Å². The fourth-order valence-corrected chi connectivity index (χ4v) is 7.64. The zero-order chi connectivity index (χ0) is 30.2. The summed E-state index contributed by atoms with van der Waals surface area (Å²) in [6.07, 6.45) is 9.08. The third-order valence-electron chi connectivity index (χ3n) is 9.69. The number of rotatable bonds is 3. The molecule has 0 saturated carbocycles. The summed E-state index contributed by atoms with van der Waals surface area (Å²) in [5.74, 6) is 0. The van der Waals surface area contributed by atoms with E-state index in [0.29, 0.717) is 0 Å². The molecule has 1 aliphatic carbocycles. The van der Waals surface area contributed by atoms with E-state index in [1.165, 1.54) is 49.4 Å². The van der Waals surface area contributed by atoms with Crippen LogP contribution in [0.25, 0.3) is 93.2 Å². The number of para-hydroxylation sites is 2. The second kappa shape index (κ2) is 9.82. The summed E-state index contributed by atoms with van der Waals surface area (Å²) in [5.41, 5.74) is 10.8. The van der Waals surface area contributed by atoms with E-state index in [1.54, 1.807) is 0 Å². The predicted octanol–water partition coefficient (Wildman–Crippen LogP) is 12.9. The molecule has 1 aliphatic rings. The van der Waals surface area contributed by atoms with Crippen molar-refractivity contribution in [3.05, 3.63) is 151 Å². The minimum atomic E-state index is 0.856. The molecule has 0 bridgehead atoms. The molecule has 2 heteroatoms. The Labute approximate surface area is 265 Å². The first-order chi connectivity index (χ1) is 22.8. The van der Waals surface area contributed by atoms with Gasteiger partial charge in [0.05, 0.1) is 5.39 Å². The monoisotopic (exact) mass is 588 g/mol. The molecule has 0 spiro atoms. The normalized spacial score (nSPS) is 13.5. The van der Waals surface area contributed by atoms with E-state index >= 15 is 0 Å². The van der Waals surface area contributed by atoms with Gasteiger partial charge in [-0.3, -0.25) is 0 Å². The highest BCUT2D eigenvalue weighted by atomic mass is 16.3. The van der Waals surface area contributed by atoms with Crippen LogP contribution in [-0.2, 0) is 0 Å². The van der Waals surface area contributed by atoms with Crippen LogP contribution in [0, 0.1) is 0 Å². The Morgan fingerprint density at radius 1 is 0.435 bits per heavy atom. The van der Waals surface area contributed by atoms with Gasteiger partial charge in [0.2, 0.25) is 0 Å². The van der Waals surface area contributed by atoms with E-state index < -0.39 is 0 Å². The summed E-state index contributed by atoms with van der Waals surface area (Å²) in [6.45, 7) is 0. The van der Waals surface area contributed by atoms with Crippen LogP contribution in [-0.4, -0.2) is 0 Å². The molecule has 0 fully saturated rings. The molecule has 0 radical (unpaired) electrons. The summed E-state index contributed by atoms with van der Waals surface area (Å²) >= 11 is 0. The first kappa shape index (κ1) is 25.5. The Morgan fingerprint density at radius 3 is 1.63 bits per heavy atom. The molecule has 0 aliphatic heterocycles. The van der Waals surface area contributed by atoms with Gasteiger partial charge in [0, 0.05) is 27.3 Å². The summed E-state index contributed by atoms with van der Waals surface area (Å²) in [5, 5.41) is 9.15. The van der Waals surface area contributed by atoms with Gasteiger partial charge in [0.25, 0.3) is 0 Å². The number of hydrogen-bond donors (Lipinski definition) is 0. The van der Waals surface area contributed by atoms with Crippen LogP contribution in [0.1, 0.15) is 18.4 Å². The van der Waals surface area contributed by atoms with Crippen molar-refractivity contribution in [3.8, 4) is 22.3 Å². The number of allylic oxidation sites excluding steroid dienone is 4. The van der Waals surface area contributed by atoms with Crippen molar-refractivity contribution in [2.24, 2.45) is 0 Å². The molecule has 2 nitrogen and oxygen atoms in total. The molecule has 2 aromatic heterocycles. The maximum absolute atomic E-state index is 6.75. The smallest absolute Gasteiger partial charge is 0.147 e. The zero-order valence-electron chi connectivity index (χ0n) is 25.1. The van der Waals surface area contributed by atoms with Crippen LogP contribution in [0.5, 0.6) is 0 Å². The fraction of sp³-hybridized carbons (Fsp3) is 0.0455. The number of furan rings is 2. The molecule has 216 valence electrons. The highest BCUT2D eigenvalue weighted by Crippen LogP contribution is 2.49. The maximum atomic E-state index is 6.75. The first-order valence-corrected chi connectivity index (χ1v) is 16.0. The fourth-order valence-electron chi connectivity index (χ4n) is 7.64. The zero-order valence-corrected chi connectivity index (χ0v) is 25.1. The van der Waals surface area contributed by atoms with E-state index in [9.17, 15) is 0 Å². The Kier molecular flexibility index (Phi) is 5.44. The molecule has 0 atom stereocenters. The van der Waals surface area contributed by atoms with Gasteiger partial charge < -0.3 is 8.83 Å². The quantitative estimate of drug-likeness (QED) is 0.192. The summed E-state index contributed by atoms with van der Waals surface area (Å²) in [4.78, 5) is 0. The second-order valence-electron chi connectivity index (χ2n) is 12.3. The van der Waals surface area contributed by atoms with Crippen molar-refractivity contribution in [3.63, 3.8) is 0 Å². The van der Waals surface area contributed by atoms with Gasteiger partial charge >= 0.3 is 0 Å². The second-order valence-corrected chi connectivity index (χ2v) is 12.3.